The van der Waals surface area contributed by atoms with Crippen LogP contribution in [0.25, 0.3) is 11.4 Å². The van der Waals surface area contributed by atoms with Gasteiger partial charge < -0.3 is 5.32 Å². The van der Waals surface area contributed by atoms with Crippen molar-refractivity contribution in [2.75, 3.05) is 12.4 Å². The predicted octanol–water partition coefficient (Wildman–Crippen LogP) is 4.41. The maximum Gasteiger partial charge on any atom is 0.159 e. The summed E-state index contributed by atoms with van der Waals surface area (Å²) in [7, 11) is 1.93. The third-order valence-corrected chi connectivity index (χ3v) is 4.37. The van der Waals surface area contributed by atoms with E-state index in [1.807, 2.05) is 7.05 Å². The van der Waals surface area contributed by atoms with Crippen molar-refractivity contribution in [3.05, 3.63) is 41.7 Å². The second-order valence-electron chi connectivity index (χ2n) is 5.77. The average molecular weight is 281 g/mol. The highest BCUT2D eigenvalue weighted by Gasteiger charge is 2.20. The number of rotatable bonds is 4. The minimum atomic E-state index is 0.633. The molecule has 1 aromatic heterocycles. The highest BCUT2D eigenvalue weighted by molar-refractivity contribution is 5.60. The molecule has 0 saturated heterocycles. The summed E-state index contributed by atoms with van der Waals surface area (Å²) in [5.74, 6) is 1.51. The largest absolute Gasteiger partial charge is 0.388 e. The molecule has 1 aliphatic carbocycles. The maximum absolute atomic E-state index is 4.86. The Bertz CT molecular complexity index is 598. The molecule has 1 aromatic carbocycles. The van der Waals surface area contributed by atoms with Gasteiger partial charge in [-0.25, -0.2) is 9.97 Å². The molecule has 0 atom stereocenters. The van der Waals surface area contributed by atoms with E-state index in [2.05, 4.69) is 42.6 Å². The van der Waals surface area contributed by atoms with Crippen LogP contribution in [0.2, 0.25) is 0 Å². The van der Waals surface area contributed by atoms with E-state index in [1.165, 1.54) is 31.4 Å². The number of nitrogens with zero attached hydrogens (tertiary/aromatic N) is 2. The number of anilines is 1. The highest BCUT2D eigenvalue weighted by Crippen LogP contribution is 2.34. The van der Waals surface area contributed by atoms with Gasteiger partial charge in [0, 0.05) is 35.6 Å². The summed E-state index contributed by atoms with van der Waals surface area (Å²) in [5, 5.41) is 3.14. The van der Waals surface area contributed by atoms with Crippen molar-refractivity contribution in [3.8, 4) is 11.4 Å². The molecule has 3 rings (SSSR count). The molecular formula is C18H23N3. The van der Waals surface area contributed by atoms with Gasteiger partial charge in [-0.1, -0.05) is 19.8 Å². The normalized spacial score (nSPS) is 15.3. The van der Waals surface area contributed by atoms with E-state index in [-0.39, 0.29) is 0 Å². The van der Waals surface area contributed by atoms with Crippen LogP contribution in [-0.2, 0) is 6.42 Å². The summed E-state index contributed by atoms with van der Waals surface area (Å²) in [6, 6.07) is 10.6. The number of hydrogen-bond acceptors (Lipinski definition) is 3. The lowest BCUT2D eigenvalue weighted by Crippen LogP contribution is -2.03. The maximum atomic E-state index is 4.86. The minimum Gasteiger partial charge on any atom is -0.388 e. The smallest absolute Gasteiger partial charge is 0.159 e. The van der Waals surface area contributed by atoms with Gasteiger partial charge in [0.15, 0.2) is 5.82 Å². The molecule has 3 nitrogen and oxygen atoms in total. The van der Waals surface area contributed by atoms with Gasteiger partial charge in [-0.05, 0) is 49.6 Å². The van der Waals surface area contributed by atoms with Gasteiger partial charge in [-0.3, -0.25) is 0 Å². The fourth-order valence-corrected chi connectivity index (χ4v) is 3.05. The first-order chi connectivity index (χ1) is 10.3. The van der Waals surface area contributed by atoms with Crippen LogP contribution in [0.5, 0.6) is 0 Å². The Kier molecular flexibility index (Phi) is 4.18. The van der Waals surface area contributed by atoms with Crippen molar-refractivity contribution in [2.24, 2.45) is 0 Å². The Labute approximate surface area is 126 Å². The molecule has 0 unspecified atom stereocenters. The molecule has 1 saturated carbocycles. The lowest BCUT2D eigenvalue weighted by molar-refractivity contribution is 0.691. The van der Waals surface area contributed by atoms with Crippen LogP contribution in [0.4, 0.5) is 5.69 Å². The summed E-state index contributed by atoms with van der Waals surface area (Å²) in [6.45, 7) is 2.16. The van der Waals surface area contributed by atoms with Crippen molar-refractivity contribution in [1.29, 1.82) is 0 Å². The molecule has 0 bridgehead atoms. The van der Waals surface area contributed by atoms with Crippen LogP contribution in [-0.4, -0.2) is 17.0 Å². The number of aromatic nitrogens is 2. The third kappa shape index (κ3) is 3.07. The first kappa shape index (κ1) is 14.1. The number of hydrogen-bond donors (Lipinski definition) is 1. The Hall–Kier alpha value is -1.90. The molecule has 21 heavy (non-hydrogen) atoms. The molecule has 1 heterocycles. The summed E-state index contributed by atoms with van der Waals surface area (Å²) < 4.78 is 0. The summed E-state index contributed by atoms with van der Waals surface area (Å²) >= 11 is 0. The van der Waals surface area contributed by atoms with E-state index in [0.29, 0.717) is 5.92 Å². The van der Waals surface area contributed by atoms with Gasteiger partial charge >= 0.3 is 0 Å². The van der Waals surface area contributed by atoms with Crippen LogP contribution < -0.4 is 5.32 Å². The molecule has 0 spiro atoms. The number of benzene rings is 1. The fraction of sp³-hybridized carbons (Fsp3) is 0.444. The van der Waals surface area contributed by atoms with Gasteiger partial charge in [0.25, 0.3) is 0 Å². The lowest BCUT2D eigenvalue weighted by atomic mass is 10.0. The Morgan fingerprint density at radius 3 is 2.43 bits per heavy atom. The molecule has 1 aliphatic rings. The topological polar surface area (TPSA) is 37.8 Å². The molecule has 1 N–H and O–H groups in total. The first-order valence-corrected chi connectivity index (χ1v) is 7.96. The molecule has 2 aromatic rings. The van der Waals surface area contributed by atoms with E-state index in [9.17, 15) is 0 Å². The zero-order chi connectivity index (χ0) is 14.7. The van der Waals surface area contributed by atoms with E-state index in [1.54, 1.807) is 0 Å². The predicted molar refractivity (Wildman–Crippen MR) is 87.6 cm³/mol. The lowest BCUT2D eigenvalue weighted by Gasteiger charge is -2.12. The van der Waals surface area contributed by atoms with Gasteiger partial charge in [-0.2, -0.15) is 0 Å². The van der Waals surface area contributed by atoms with Crippen molar-refractivity contribution in [1.82, 2.24) is 9.97 Å². The van der Waals surface area contributed by atoms with Gasteiger partial charge in [0.05, 0.1) is 0 Å². The molecular weight excluding hydrogens is 258 g/mol. The van der Waals surface area contributed by atoms with Gasteiger partial charge in [0.2, 0.25) is 0 Å². The second kappa shape index (κ2) is 6.25. The molecule has 0 radical (unpaired) electrons. The Morgan fingerprint density at radius 2 is 1.81 bits per heavy atom. The Morgan fingerprint density at radius 1 is 1.10 bits per heavy atom. The van der Waals surface area contributed by atoms with Crippen molar-refractivity contribution in [2.45, 2.75) is 44.9 Å². The SMILES string of the molecule is CCc1cc(C2CCCC2)nc(-c2ccc(NC)cc2)n1. The number of aryl methyl sites for hydroxylation is 1. The highest BCUT2D eigenvalue weighted by atomic mass is 14.9. The van der Waals surface area contributed by atoms with E-state index in [0.717, 1.165) is 29.2 Å². The quantitative estimate of drug-likeness (QED) is 0.902. The van der Waals surface area contributed by atoms with Gasteiger partial charge in [0.1, 0.15) is 0 Å². The third-order valence-electron chi connectivity index (χ3n) is 4.37. The second-order valence-corrected chi connectivity index (χ2v) is 5.77. The van der Waals surface area contributed by atoms with E-state index < -0.39 is 0 Å². The van der Waals surface area contributed by atoms with Crippen molar-refractivity contribution >= 4 is 5.69 Å². The monoisotopic (exact) mass is 281 g/mol. The summed E-state index contributed by atoms with van der Waals surface area (Å²) in [4.78, 5) is 9.58. The van der Waals surface area contributed by atoms with Crippen molar-refractivity contribution in [3.63, 3.8) is 0 Å². The van der Waals surface area contributed by atoms with Crippen LogP contribution in [0.15, 0.2) is 30.3 Å². The summed E-state index contributed by atoms with van der Waals surface area (Å²) in [5.41, 5.74) is 4.61. The van der Waals surface area contributed by atoms with E-state index in [4.69, 9.17) is 9.97 Å². The zero-order valence-corrected chi connectivity index (χ0v) is 12.9. The van der Waals surface area contributed by atoms with Gasteiger partial charge in [-0.15, -0.1) is 0 Å². The summed E-state index contributed by atoms with van der Waals surface area (Å²) in [6.07, 6.45) is 6.19. The molecule has 1 fully saturated rings. The van der Waals surface area contributed by atoms with Crippen LogP contribution in [0, 0.1) is 0 Å². The van der Waals surface area contributed by atoms with Crippen LogP contribution >= 0.6 is 0 Å². The van der Waals surface area contributed by atoms with Crippen LogP contribution in [0.3, 0.4) is 0 Å². The molecule has 3 heteroatoms. The molecule has 110 valence electrons. The molecule has 0 aliphatic heterocycles. The minimum absolute atomic E-state index is 0.633. The van der Waals surface area contributed by atoms with Crippen molar-refractivity contribution < 1.29 is 0 Å². The zero-order valence-electron chi connectivity index (χ0n) is 12.9. The first-order valence-electron chi connectivity index (χ1n) is 7.96. The van der Waals surface area contributed by atoms with E-state index >= 15 is 0 Å². The molecule has 0 amide bonds. The van der Waals surface area contributed by atoms with Crippen LogP contribution in [0.1, 0.15) is 49.9 Å². The Balaban J connectivity index is 1.97. The standard InChI is InChI=1S/C18H23N3/c1-3-15-12-17(13-6-4-5-7-13)21-18(20-15)14-8-10-16(19-2)11-9-14/h8-13,19H,3-7H2,1-2H3. The number of nitrogens with one attached hydrogen (secondary N) is 1. The average Bonchev–Trinajstić information content (AvgIpc) is 3.09. The fourth-order valence-electron chi connectivity index (χ4n) is 3.05.